The van der Waals surface area contributed by atoms with Crippen molar-refractivity contribution in [3.63, 3.8) is 0 Å². The maximum atomic E-state index is 13.4. The second kappa shape index (κ2) is 8.97. The summed E-state index contributed by atoms with van der Waals surface area (Å²) < 4.78 is 27.6. The zero-order valence-corrected chi connectivity index (χ0v) is 19.7. The van der Waals surface area contributed by atoms with E-state index in [0.717, 1.165) is 31.6 Å². The van der Waals surface area contributed by atoms with Crippen LogP contribution in [0.4, 0.5) is 0 Å². The molecule has 8 heteroatoms. The van der Waals surface area contributed by atoms with E-state index in [0.29, 0.717) is 43.0 Å². The van der Waals surface area contributed by atoms with Crippen LogP contribution < -0.4 is 0 Å². The fraction of sp³-hybridized carbons (Fsp3) is 0.682. The van der Waals surface area contributed by atoms with Crippen LogP contribution in [0, 0.1) is 11.8 Å². The molecule has 3 aliphatic rings. The van der Waals surface area contributed by atoms with Crippen molar-refractivity contribution < 1.29 is 13.2 Å². The molecule has 2 aliphatic carbocycles. The van der Waals surface area contributed by atoms with E-state index >= 15 is 0 Å². The van der Waals surface area contributed by atoms with Gasteiger partial charge in [0.25, 0.3) is 0 Å². The van der Waals surface area contributed by atoms with Gasteiger partial charge in [-0.05, 0) is 75.5 Å². The summed E-state index contributed by atoms with van der Waals surface area (Å²) in [5.74, 6) is 0.908. The lowest BCUT2D eigenvalue weighted by Crippen LogP contribution is -2.49. The molecule has 1 amide bonds. The van der Waals surface area contributed by atoms with E-state index < -0.39 is 10.0 Å². The van der Waals surface area contributed by atoms with E-state index in [2.05, 4.69) is 11.8 Å². The maximum Gasteiger partial charge on any atom is 0.244 e. The first-order chi connectivity index (χ1) is 14.3. The Morgan fingerprint density at radius 3 is 2.10 bits per heavy atom. The van der Waals surface area contributed by atoms with Crippen LogP contribution >= 0.6 is 23.2 Å². The molecule has 5 nitrogen and oxygen atoms in total. The number of halogens is 2. The molecule has 4 rings (SSSR count). The number of amides is 1. The molecule has 1 aliphatic heterocycles. The molecule has 0 bridgehead atoms. The van der Waals surface area contributed by atoms with Crippen LogP contribution in [0.5, 0.6) is 0 Å². The van der Waals surface area contributed by atoms with Gasteiger partial charge in [-0.1, -0.05) is 30.1 Å². The van der Waals surface area contributed by atoms with Crippen molar-refractivity contribution >= 4 is 39.1 Å². The van der Waals surface area contributed by atoms with Crippen molar-refractivity contribution in [2.75, 3.05) is 13.1 Å². The highest BCUT2D eigenvalue weighted by Crippen LogP contribution is 2.38. The van der Waals surface area contributed by atoms with E-state index in [-0.39, 0.29) is 21.7 Å². The molecule has 2 saturated carbocycles. The van der Waals surface area contributed by atoms with Crippen molar-refractivity contribution in [1.29, 1.82) is 0 Å². The van der Waals surface area contributed by atoms with Gasteiger partial charge < -0.3 is 4.90 Å². The highest BCUT2D eigenvalue weighted by atomic mass is 35.5. The second-order valence-electron chi connectivity index (χ2n) is 9.14. The standard InChI is InChI=1S/C22H30Cl2N2O3S/c1-15-2-5-18(6-3-15)26(19-7-8-19)22(27)16-10-12-25(13-11-16)30(28,29)21-14-17(23)4-9-20(21)24/h4,9,14-16,18-19H,2-3,5-8,10-13H2,1H3. The molecule has 0 unspecified atom stereocenters. The molecule has 166 valence electrons. The fourth-order valence-electron chi connectivity index (χ4n) is 4.90. The van der Waals surface area contributed by atoms with E-state index in [4.69, 9.17) is 23.2 Å². The third-order valence-electron chi connectivity index (χ3n) is 6.89. The van der Waals surface area contributed by atoms with Crippen molar-refractivity contribution in [2.24, 2.45) is 11.8 Å². The Morgan fingerprint density at radius 2 is 1.53 bits per heavy atom. The molecule has 0 N–H and O–H groups in total. The average molecular weight is 473 g/mol. The Morgan fingerprint density at radius 1 is 0.967 bits per heavy atom. The Bertz CT molecular complexity index is 888. The minimum Gasteiger partial charge on any atom is -0.336 e. The molecule has 1 heterocycles. The summed E-state index contributed by atoms with van der Waals surface area (Å²) in [6, 6.07) is 5.25. The van der Waals surface area contributed by atoms with Gasteiger partial charge in [0, 0.05) is 36.1 Å². The summed E-state index contributed by atoms with van der Waals surface area (Å²) in [5, 5.41) is 0.508. The van der Waals surface area contributed by atoms with Crippen LogP contribution in [-0.2, 0) is 14.8 Å². The van der Waals surface area contributed by atoms with Crippen molar-refractivity contribution in [2.45, 2.75) is 75.3 Å². The first kappa shape index (κ1) is 22.4. The van der Waals surface area contributed by atoms with Crippen LogP contribution in [0.25, 0.3) is 0 Å². The number of sulfonamides is 1. The zero-order chi connectivity index (χ0) is 21.5. The number of rotatable bonds is 5. The molecular formula is C22H30Cl2N2O3S. The normalized spacial score (nSPS) is 26.5. The van der Waals surface area contributed by atoms with E-state index in [1.165, 1.54) is 29.3 Å². The van der Waals surface area contributed by atoms with Gasteiger partial charge in [-0.15, -0.1) is 0 Å². The molecule has 0 aromatic heterocycles. The van der Waals surface area contributed by atoms with Gasteiger partial charge in [0.2, 0.25) is 15.9 Å². The number of piperidine rings is 1. The number of hydrogen-bond donors (Lipinski definition) is 0. The monoisotopic (exact) mass is 472 g/mol. The predicted molar refractivity (Wildman–Crippen MR) is 119 cm³/mol. The SMILES string of the molecule is CC1CCC(N(C(=O)C2CCN(S(=O)(=O)c3cc(Cl)ccc3Cl)CC2)C2CC2)CC1. The van der Waals surface area contributed by atoms with Gasteiger partial charge in [0.15, 0.2) is 0 Å². The van der Waals surface area contributed by atoms with Gasteiger partial charge in [-0.25, -0.2) is 8.42 Å². The smallest absolute Gasteiger partial charge is 0.244 e. The van der Waals surface area contributed by atoms with Gasteiger partial charge in [-0.3, -0.25) is 4.79 Å². The number of carbonyl (C=O) groups is 1. The van der Waals surface area contributed by atoms with Crippen LogP contribution in [0.3, 0.4) is 0 Å². The van der Waals surface area contributed by atoms with Gasteiger partial charge in [-0.2, -0.15) is 4.31 Å². The van der Waals surface area contributed by atoms with E-state index in [9.17, 15) is 13.2 Å². The summed E-state index contributed by atoms with van der Waals surface area (Å²) in [7, 11) is -3.72. The lowest BCUT2D eigenvalue weighted by Gasteiger charge is -2.40. The minimum absolute atomic E-state index is 0.0392. The number of nitrogens with zero attached hydrogens (tertiary/aromatic N) is 2. The third kappa shape index (κ3) is 4.67. The number of hydrogen-bond acceptors (Lipinski definition) is 3. The summed E-state index contributed by atoms with van der Waals surface area (Å²) in [5.41, 5.74) is 0. The molecule has 1 aromatic rings. The number of carbonyl (C=O) groups excluding carboxylic acids is 1. The van der Waals surface area contributed by atoms with Crippen LogP contribution in [0.2, 0.25) is 10.0 Å². The molecule has 3 fully saturated rings. The predicted octanol–water partition coefficient (Wildman–Crippen LogP) is 4.96. The van der Waals surface area contributed by atoms with Crippen LogP contribution in [0.1, 0.15) is 58.3 Å². The largest absolute Gasteiger partial charge is 0.336 e. The summed E-state index contributed by atoms with van der Waals surface area (Å²) in [6.07, 6.45) is 7.92. The highest BCUT2D eigenvalue weighted by molar-refractivity contribution is 7.89. The summed E-state index contributed by atoms with van der Waals surface area (Å²) >= 11 is 12.1. The molecule has 0 radical (unpaired) electrons. The molecule has 30 heavy (non-hydrogen) atoms. The molecular weight excluding hydrogens is 443 g/mol. The first-order valence-corrected chi connectivity index (χ1v) is 13.2. The second-order valence-corrected chi connectivity index (χ2v) is 11.9. The Balaban J connectivity index is 1.42. The first-order valence-electron chi connectivity index (χ1n) is 11.0. The molecule has 1 aromatic carbocycles. The maximum absolute atomic E-state index is 13.4. The molecule has 0 spiro atoms. The lowest BCUT2D eigenvalue weighted by atomic mass is 9.85. The van der Waals surface area contributed by atoms with E-state index in [1.54, 1.807) is 6.07 Å². The Kier molecular flexibility index (Phi) is 6.69. The van der Waals surface area contributed by atoms with Gasteiger partial charge in [0.1, 0.15) is 4.90 Å². The topological polar surface area (TPSA) is 57.7 Å². The highest BCUT2D eigenvalue weighted by Gasteiger charge is 2.42. The summed E-state index contributed by atoms with van der Waals surface area (Å²) in [4.78, 5) is 15.6. The average Bonchev–Trinajstić information content (AvgIpc) is 3.56. The minimum atomic E-state index is -3.72. The molecule has 0 atom stereocenters. The fourth-order valence-corrected chi connectivity index (χ4v) is 7.11. The van der Waals surface area contributed by atoms with E-state index in [1.807, 2.05) is 0 Å². The van der Waals surface area contributed by atoms with Crippen molar-refractivity contribution in [3.8, 4) is 0 Å². The number of benzene rings is 1. The zero-order valence-electron chi connectivity index (χ0n) is 17.4. The van der Waals surface area contributed by atoms with Crippen molar-refractivity contribution in [1.82, 2.24) is 9.21 Å². The quantitative estimate of drug-likeness (QED) is 0.607. The summed E-state index contributed by atoms with van der Waals surface area (Å²) in [6.45, 7) is 2.96. The van der Waals surface area contributed by atoms with Gasteiger partial charge in [0.05, 0.1) is 5.02 Å². The van der Waals surface area contributed by atoms with Crippen LogP contribution in [0.15, 0.2) is 23.1 Å². The Hall–Kier alpha value is -0.820. The third-order valence-corrected chi connectivity index (χ3v) is 9.50. The molecule has 1 saturated heterocycles. The Labute approximate surface area is 189 Å². The van der Waals surface area contributed by atoms with Gasteiger partial charge >= 0.3 is 0 Å². The lowest BCUT2D eigenvalue weighted by molar-refractivity contribution is -0.140. The van der Waals surface area contributed by atoms with Crippen LogP contribution in [-0.4, -0.2) is 48.7 Å². The van der Waals surface area contributed by atoms with Crippen molar-refractivity contribution in [3.05, 3.63) is 28.2 Å².